The van der Waals surface area contributed by atoms with Crippen LogP contribution in [0.15, 0.2) is 54.9 Å². The lowest BCUT2D eigenvalue weighted by molar-refractivity contribution is -0.122. The maximum atomic E-state index is 12.0. The van der Waals surface area contributed by atoms with Crippen LogP contribution in [0.5, 0.6) is 0 Å². The fourth-order valence-electron chi connectivity index (χ4n) is 2.38. The van der Waals surface area contributed by atoms with Gasteiger partial charge in [-0.25, -0.2) is 0 Å². The minimum absolute atomic E-state index is 0.138. The SMILES string of the molecule is O=C(NCc1cccnc1)C1CC1c1ccccc1. The molecule has 2 unspecified atom stereocenters. The highest BCUT2D eigenvalue weighted by Gasteiger charge is 2.43. The fourth-order valence-corrected chi connectivity index (χ4v) is 2.38. The third-order valence-electron chi connectivity index (χ3n) is 3.54. The highest BCUT2D eigenvalue weighted by atomic mass is 16.2. The van der Waals surface area contributed by atoms with Crippen molar-refractivity contribution in [2.24, 2.45) is 5.92 Å². The summed E-state index contributed by atoms with van der Waals surface area (Å²) in [5, 5.41) is 2.98. The van der Waals surface area contributed by atoms with Crippen LogP contribution in [0, 0.1) is 5.92 Å². The molecule has 2 atom stereocenters. The highest BCUT2D eigenvalue weighted by Crippen LogP contribution is 2.47. The molecule has 1 aliphatic carbocycles. The van der Waals surface area contributed by atoms with Crippen LogP contribution in [-0.2, 0) is 11.3 Å². The van der Waals surface area contributed by atoms with E-state index in [1.807, 2.05) is 30.3 Å². The molecule has 1 heterocycles. The Labute approximate surface area is 112 Å². The first-order valence-electron chi connectivity index (χ1n) is 6.56. The van der Waals surface area contributed by atoms with Gasteiger partial charge in [0.1, 0.15) is 0 Å². The molecule has 1 fully saturated rings. The van der Waals surface area contributed by atoms with E-state index >= 15 is 0 Å². The number of carbonyl (C=O) groups excluding carboxylic acids is 1. The van der Waals surface area contributed by atoms with Gasteiger partial charge in [0.2, 0.25) is 5.91 Å². The van der Waals surface area contributed by atoms with E-state index in [4.69, 9.17) is 0 Å². The molecule has 1 saturated carbocycles. The van der Waals surface area contributed by atoms with Crippen molar-refractivity contribution in [2.45, 2.75) is 18.9 Å². The molecule has 3 rings (SSSR count). The van der Waals surface area contributed by atoms with Crippen molar-refractivity contribution in [3.05, 3.63) is 66.0 Å². The summed E-state index contributed by atoms with van der Waals surface area (Å²) in [4.78, 5) is 16.1. The first-order valence-corrected chi connectivity index (χ1v) is 6.56. The molecule has 1 aromatic carbocycles. The second kappa shape index (κ2) is 5.22. The molecule has 1 amide bonds. The monoisotopic (exact) mass is 252 g/mol. The van der Waals surface area contributed by atoms with Crippen LogP contribution in [0.1, 0.15) is 23.5 Å². The number of amides is 1. The maximum absolute atomic E-state index is 12.0. The van der Waals surface area contributed by atoms with Crippen molar-refractivity contribution in [2.75, 3.05) is 0 Å². The Morgan fingerprint density at radius 1 is 1.21 bits per heavy atom. The molecule has 3 heteroatoms. The Kier molecular flexibility index (Phi) is 3.27. The van der Waals surface area contributed by atoms with Crippen LogP contribution in [0.4, 0.5) is 0 Å². The average Bonchev–Trinajstić information content (AvgIpc) is 3.27. The van der Waals surface area contributed by atoms with Crippen molar-refractivity contribution in [1.29, 1.82) is 0 Å². The summed E-state index contributed by atoms with van der Waals surface area (Å²) in [6.07, 6.45) is 4.47. The molecule has 2 aromatic rings. The Morgan fingerprint density at radius 2 is 2.05 bits per heavy atom. The molecule has 1 aliphatic rings. The summed E-state index contributed by atoms with van der Waals surface area (Å²) in [5.41, 5.74) is 2.30. The standard InChI is InChI=1S/C16H16N2O/c19-16(18-11-12-5-4-8-17-10-12)15-9-14(15)13-6-2-1-3-7-13/h1-8,10,14-15H,9,11H2,(H,18,19). The lowest BCUT2D eigenvalue weighted by Gasteiger charge is -2.04. The van der Waals surface area contributed by atoms with E-state index in [2.05, 4.69) is 22.4 Å². The van der Waals surface area contributed by atoms with E-state index < -0.39 is 0 Å². The topological polar surface area (TPSA) is 42.0 Å². The summed E-state index contributed by atoms with van der Waals surface area (Å²) < 4.78 is 0. The lowest BCUT2D eigenvalue weighted by Crippen LogP contribution is -2.24. The molecular weight excluding hydrogens is 236 g/mol. The van der Waals surface area contributed by atoms with Crippen LogP contribution in [0.25, 0.3) is 0 Å². The molecule has 0 radical (unpaired) electrons. The van der Waals surface area contributed by atoms with Crippen molar-refractivity contribution in [1.82, 2.24) is 10.3 Å². The summed E-state index contributed by atoms with van der Waals surface area (Å²) >= 11 is 0. The van der Waals surface area contributed by atoms with Gasteiger partial charge in [-0.05, 0) is 29.5 Å². The Bertz CT molecular complexity index is 553. The molecule has 96 valence electrons. The van der Waals surface area contributed by atoms with Crippen molar-refractivity contribution in [3.63, 3.8) is 0 Å². The van der Waals surface area contributed by atoms with Crippen molar-refractivity contribution in [3.8, 4) is 0 Å². The number of hydrogen-bond donors (Lipinski definition) is 1. The summed E-state index contributed by atoms with van der Waals surface area (Å²) in [7, 11) is 0. The number of aromatic nitrogens is 1. The maximum Gasteiger partial charge on any atom is 0.224 e. The zero-order chi connectivity index (χ0) is 13.1. The van der Waals surface area contributed by atoms with E-state index in [1.54, 1.807) is 12.4 Å². The Hall–Kier alpha value is -2.16. The predicted molar refractivity (Wildman–Crippen MR) is 73.4 cm³/mol. The Morgan fingerprint density at radius 3 is 2.79 bits per heavy atom. The zero-order valence-electron chi connectivity index (χ0n) is 10.6. The van der Waals surface area contributed by atoms with Gasteiger partial charge in [0.05, 0.1) is 0 Å². The molecule has 0 bridgehead atoms. The molecule has 1 N–H and O–H groups in total. The van der Waals surface area contributed by atoms with E-state index in [0.29, 0.717) is 12.5 Å². The van der Waals surface area contributed by atoms with Crippen LogP contribution in [0.2, 0.25) is 0 Å². The number of hydrogen-bond acceptors (Lipinski definition) is 2. The fraction of sp³-hybridized carbons (Fsp3) is 0.250. The van der Waals surface area contributed by atoms with E-state index in [-0.39, 0.29) is 11.8 Å². The lowest BCUT2D eigenvalue weighted by atomic mass is 10.1. The van der Waals surface area contributed by atoms with Gasteiger partial charge in [0, 0.05) is 24.9 Å². The van der Waals surface area contributed by atoms with E-state index in [1.165, 1.54) is 5.56 Å². The van der Waals surface area contributed by atoms with Crippen LogP contribution in [0.3, 0.4) is 0 Å². The third-order valence-corrected chi connectivity index (χ3v) is 3.54. The Balaban J connectivity index is 1.53. The van der Waals surface area contributed by atoms with Gasteiger partial charge in [0.15, 0.2) is 0 Å². The minimum atomic E-state index is 0.138. The van der Waals surface area contributed by atoms with Crippen LogP contribution >= 0.6 is 0 Å². The quantitative estimate of drug-likeness (QED) is 0.908. The molecule has 3 nitrogen and oxygen atoms in total. The third kappa shape index (κ3) is 2.81. The largest absolute Gasteiger partial charge is 0.352 e. The van der Waals surface area contributed by atoms with Crippen molar-refractivity contribution < 1.29 is 4.79 Å². The molecule has 0 saturated heterocycles. The predicted octanol–water partition coefficient (Wildman–Crippen LogP) is 2.50. The number of nitrogens with one attached hydrogen (secondary N) is 1. The molecule has 1 aromatic heterocycles. The number of carbonyl (C=O) groups is 1. The first-order chi connectivity index (χ1) is 9.34. The van der Waals surface area contributed by atoms with Gasteiger partial charge in [-0.2, -0.15) is 0 Å². The smallest absolute Gasteiger partial charge is 0.224 e. The van der Waals surface area contributed by atoms with Gasteiger partial charge < -0.3 is 5.32 Å². The first kappa shape index (κ1) is 11.9. The van der Waals surface area contributed by atoms with Gasteiger partial charge in [-0.3, -0.25) is 9.78 Å². The van der Waals surface area contributed by atoms with Gasteiger partial charge in [-0.15, -0.1) is 0 Å². The zero-order valence-corrected chi connectivity index (χ0v) is 10.6. The van der Waals surface area contributed by atoms with E-state index in [0.717, 1.165) is 12.0 Å². The number of nitrogens with zero attached hydrogens (tertiary/aromatic N) is 1. The number of pyridine rings is 1. The second-order valence-corrected chi connectivity index (χ2v) is 4.94. The summed E-state index contributed by atoms with van der Waals surface area (Å²) in [5.74, 6) is 0.687. The average molecular weight is 252 g/mol. The highest BCUT2D eigenvalue weighted by molar-refractivity contribution is 5.82. The van der Waals surface area contributed by atoms with E-state index in [9.17, 15) is 4.79 Å². The summed E-state index contributed by atoms with van der Waals surface area (Å²) in [6, 6.07) is 14.1. The summed E-state index contributed by atoms with van der Waals surface area (Å²) in [6.45, 7) is 0.560. The van der Waals surface area contributed by atoms with Crippen LogP contribution in [-0.4, -0.2) is 10.9 Å². The van der Waals surface area contributed by atoms with Crippen LogP contribution < -0.4 is 5.32 Å². The van der Waals surface area contributed by atoms with Gasteiger partial charge in [0.25, 0.3) is 0 Å². The normalized spacial score (nSPS) is 20.8. The molecular formula is C16H16N2O. The van der Waals surface area contributed by atoms with Crippen molar-refractivity contribution >= 4 is 5.91 Å². The van der Waals surface area contributed by atoms with Gasteiger partial charge >= 0.3 is 0 Å². The molecule has 0 aliphatic heterocycles. The number of benzene rings is 1. The molecule has 0 spiro atoms. The van der Waals surface area contributed by atoms with Gasteiger partial charge in [-0.1, -0.05) is 36.4 Å². The number of rotatable bonds is 4. The minimum Gasteiger partial charge on any atom is -0.352 e. The molecule has 19 heavy (non-hydrogen) atoms. The second-order valence-electron chi connectivity index (χ2n) is 4.94.